The quantitative estimate of drug-likeness (QED) is 0.766. The molecule has 2 N–H and O–H groups in total. The molecule has 0 aliphatic heterocycles. The van der Waals surface area contributed by atoms with Crippen LogP contribution in [-0.2, 0) is 10.3 Å². The molecule has 3 nitrogen and oxygen atoms in total. The largest absolute Gasteiger partial charge is 0.394 e. The van der Waals surface area contributed by atoms with Crippen molar-refractivity contribution < 1.29 is 9.90 Å². The number of rotatable bonds is 8. The summed E-state index contributed by atoms with van der Waals surface area (Å²) in [6, 6.07) is 9.64. The number of nitrogens with one attached hydrogen (secondary N) is 1. The third-order valence-electron chi connectivity index (χ3n) is 3.90. The monoisotopic (exact) mass is 277 g/mol. The second kappa shape index (κ2) is 8.05. The minimum Gasteiger partial charge on any atom is -0.394 e. The van der Waals surface area contributed by atoms with Gasteiger partial charge in [-0.25, -0.2) is 0 Å². The van der Waals surface area contributed by atoms with Crippen molar-refractivity contribution in [2.45, 2.75) is 52.0 Å². The molecule has 0 bridgehead atoms. The Balaban J connectivity index is 2.79. The fourth-order valence-corrected chi connectivity index (χ4v) is 2.35. The van der Waals surface area contributed by atoms with Crippen LogP contribution in [0.1, 0.15) is 52.0 Å². The number of unbranched alkanes of at least 4 members (excludes halogenated alkanes) is 1. The summed E-state index contributed by atoms with van der Waals surface area (Å²) >= 11 is 0. The Hall–Kier alpha value is -1.35. The van der Waals surface area contributed by atoms with E-state index in [9.17, 15) is 9.90 Å². The fraction of sp³-hybridized carbons (Fsp3) is 0.588. The molecule has 0 fully saturated rings. The summed E-state index contributed by atoms with van der Waals surface area (Å²) in [5.41, 5.74) is 0.221. The van der Waals surface area contributed by atoms with E-state index in [1.54, 1.807) is 0 Å². The molecule has 1 rings (SSSR count). The average molecular weight is 277 g/mol. The summed E-state index contributed by atoms with van der Waals surface area (Å²) in [5.74, 6) is 0.0749. The van der Waals surface area contributed by atoms with Crippen molar-refractivity contribution in [1.82, 2.24) is 5.32 Å². The SMILES string of the molecule is CCCCC(CC)C(=O)NC(C)(CO)c1ccccc1. The molecule has 2 unspecified atom stereocenters. The molecule has 1 amide bonds. The van der Waals surface area contributed by atoms with Crippen molar-refractivity contribution in [2.75, 3.05) is 6.61 Å². The molecule has 0 saturated heterocycles. The highest BCUT2D eigenvalue weighted by atomic mass is 16.3. The molecule has 0 saturated carbocycles. The molecule has 0 aliphatic carbocycles. The van der Waals surface area contributed by atoms with Gasteiger partial charge in [0.15, 0.2) is 0 Å². The molecule has 3 heteroatoms. The molecule has 0 spiro atoms. The maximum absolute atomic E-state index is 12.4. The molecular weight excluding hydrogens is 250 g/mol. The van der Waals surface area contributed by atoms with Crippen molar-refractivity contribution in [3.05, 3.63) is 35.9 Å². The summed E-state index contributed by atoms with van der Waals surface area (Å²) < 4.78 is 0. The lowest BCUT2D eigenvalue weighted by Gasteiger charge is -2.31. The van der Waals surface area contributed by atoms with E-state index in [2.05, 4.69) is 12.2 Å². The van der Waals surface area contributed by atoms with Crippen LogP contribution in [0.5, 0.6) is 0 Å². The topological polar surface area (TPSA) is 49.3 Å². The predicted octanol–water partition coefficient (Wildman–Crippen LogP) is 3.23. The van der Waals surface area contributed by atoms with Crippen LogP contribution in [0, 0.1) is 5.92 Å². The summed E-state index contributed by atoms with van der Waals surface area (Å²) in [4.78, 5) is 12.4. The second-order valence-corrected chi connectivity index (χ2v) is 5.59. The van der Waals surface area contributed by atoms with Gasteiger partial charge in [-0.15, -0.1) is 0 Å². The lowest BCUT2D eigenvalue weighted by Crippen LogP contribution is -2.48. The van der Waals surface area contributed by atoms with E-state index in [0.717, 1.165) is 31.2 Å². The molecule has 0 heterocycles. The third kappa shape index (κ3) is 4.34. The van der Waals surface area contributed by atoms with Gasteiger partial charge in [0.25, 0.3) is 0 Å². The van der Waals surface area contributed by atoms with Gasteiger partial charge in [-0.1, -0.05) is 57.0 Å². The van der Waals surface area contributed by atoms with Crippen LogP contribution in [0.4, 0.5) is 0 Å². The summed E-state index contributed by atoms with van der Waals surface area (Å²) in [7, 11) is 0. The first-order chi connectivity index (χ1) is 9.57. The summed E-state index contributed by atoms with van der Waals surface area (Å²) in [6.45, 7) is 5.94. The number of amides is 1. The minimum atomic E-state index is -0.710. The van der Waals surface area contributed by atoms with Gasteiger partial charge in [0.2, 0.25) is 5.91 Å². The van der Waals surface area contributed by atoms with Crippen molar-refractivity contribution in [3.8, 4) is 0 Å². The molecule has 0 aromatic heterocycles. The van der Waals surface area contributed by atoms with Gasteiger partial charge in [0.1, 0.15) is 0 Å². The number of carbonyl (C=O) groups excluding carboxylic acids is 1. The van der Waals surface area contributed by atoms with Gasteiger partial charge in [-0.3, -0.25) is 4.79 Å². The first-order valence-corrected chi connectivity index (χ1v) is 7.55. The zero-order chi connectivity index (χ0) is 15.0. The van der Waals surface area contributed by atoms with E-state index >= 15 is 0 Å². The number of carbonyl (C=O) groups is 1. The van der Waals surface area contributed by atoms with Crippen LogP contribution in [0.2, 0.25) is 0 Å². The lowest BCUT2D eigenvalue weighted by molar-refractivity contribution is -0.127. The predicted molar refractivity (Wildman–Crippen MR) is 82.3 cm³/mol. The number of benzene rings is 1. The van der Waals surface area contributed by atoms with Crippen LogP contribution in [0.25, 0.3) is 0 Å². The van der Waals surface area contributed by atoms with E-state index in [1.165, 1.54) is 0 Å². The Morgan fingerprint density at radius 3 is 2.45 bits per heavy atom. The highest BCUT2D eigenvalue weighted by Gasteiger charge is 2.29. The molecular formula is C17H27NO2. The number of hydrogen-bond acceptors (Lipinski definition) is 2. The highest BCUT2D eigenvalue weighted by Crippen LogP contribution is 2.22. The normalized spacial score (nSPS) is 15.4. The number of aliphatic hydroxyl groups is 1. The van der Waals surface area contributed by atoms with Crippen molar-refractivity contribution in [1.29, 1.82) is 0 Å². The molecule has 1 aromatic rings. The molecule has 20 heavy (non-hydrogen) atoms. The van der Waals surface area contributed by atoms with E-state index < -0.39 is 5.54 Å². The first-order valence-electron chi connectivity index (χ1n) is 7.55. The standard InChI is InChI=1S/C17H27NO2/c1-4-6-10-14(5-2)16(20)18-17(3,13-19)15-11-8-7-9-12-15/h7-9,11-12,14,19H,4-6,10,13H2,1-3H3,(H,18,20). The van der Waals surface area contributed by atoms with Crippen LogP contribution in [0.3, 0.4) is 0 Å². The van der Waals surface area contributed by atoms with Crippen LogP contribution in [0.15, 0.2) is 30.3 Å². The molecule has 1 aromatic carbocycles. The fourth-order valence-electron chi connectivity index (χ4n) is 2.35. The highest BCUT2D eigenvalue weighted by molar-refractivity contribution is 5.79. The average Bonchev–Trinajstić information content (AvgIpc) is 2.48. The molecule has 112 valence electrons. The smallest absolute Gasteiger partial charge is 0.223 e. The molecule has 0 radical (unpaired) electrons. The Kier molecular flexibility index (Phi) is 6.73. The first kappa shape index (κ1) is 16.7. The zero-order valence-corrected chi connectivity index (χ0v) is 12.9. The Labute approximate surface area is 122 Å². The van der Waals surface area contributed by atoms with Gasteiger partial charge >= 0.3 is 0 Å². The molecule has 0 aliphatic rings. The number of hydrogen-bond donors (Lipinski definition) is 2. The van der Waals surface area contributed by atoms with E-state index in [4.69, 9.17) is 0 Å². The summed E-state index contributed by atoms with van der Waals surface area (Å²) in [6.07, 6.45) is 3.91. The maximum atomic E-state index is 12.4. The van der Waals surface area contributed by atoms with Gasteiger partial charge in [-0.2, -0.15) is 0 Å². The number of aliphatic hydroxyl groups excluding tert-OH is 1. The van der Waals surface area contributed by atoms with Gasteiger partial charge < -0.3 is 10.4 Å². The van der Waals surface area contributed by atoms with Gasteiger partial charge in [0.05, 0.1) is 12.1 Å². The Bertz CT molecular complexity index is 405. The van der Waals surface area contributed by atoms with Gasteiger partial charge in [-0.05, 0) is 25.3 Å². The van der Waals surface area contributed by atoms with E-state index in [1.807, 2.05) is 44.2 Å². The van der Waals surface area contributed by atoms with Crippen LogP contribution in [-0.4, -0.2) is 17.6 Å². The van der Waals surface area contributed by atoms with Crippen molar-refractivity contribution in [2.24, 2.45) is 5.92 Å². The van der Waals surface area contributed by atoms with Crippen molar-refractivity contribution >= 4 is 5.91 Å². The van der Waals surface area contributed by atoms with E-state index in [0.29, 0.717) is 0 Å². The summed E-state index contributed by atoms with van der Waals surface area (Å²) in [5, 5.41) is 12.7. The zero-order valence-electron chi connectivity index (χ0n) is 12.9. The third-order valence-corrected chi connectivity index (χ3v) is 3.90. The maximum Gasteiger partial charge on any atom is 0.223 e. The lowest BCUT2D eigenvalue weighted by atomic mass is 9.90. The van der Waals surface area contributed by atoms with Crippen molar-refractivity contribution in [3.63, 3.8) is 0 Å². The van der Waals surface area contributed by atoms with E-state index in [-0.39, 0.29) is 18.4 Å². The minimum absolute atomic E-state index is 0.0320. The van der Waals surface area contributed by atoms with Crippen LogP contribution < -0.4 is 5.32 Å². The van der Waals surface area contributed by atoms with Crippen LogP contribution >= 0.6 is 0 Å². The second-order valence-electron chi connectivity index (χ2n) is 5.59. The molecule has 2 atom stereocenters. The Morgan fingerprint density at radius 1 is 1.30 bits per heavy atom. The van der Waals surface area contributed by atoms with Gasteiger partial charge in [0, 0.05) is 5.92 Å². The Morgan fingerprint density at radius 2 is 1.95 bits per heavy atom.